The molecule has 1 aromatic carbocycles. The first-order valence-corrected chi connectivity index (χ1v) is 10.3. The fourth-order valence-corrected chi connectivity index (χ4v) is 3.67. The van der Waals surface area contributed by atoms with E-state index in [4.69, 9.17) is 17.3 Å². The first-order chi connectivity index (χ1) is 14.3. The largest absolute Gasteiger partial charge is 0.364 e. The molecule has 3 amide bonds. The van der Waals surface area contributed by atoms with E-state index >= 15 is 0 Å². The Hall–Kier alpha value is -3.17. The number of benzene rings is 1. The molecule has 156 valence electrons. The van der Waals surface area contributed by atoms with E-state index in [1.54, 1.807) is 41.9 Å². The van der Waals surface area contributed by atoms with Gasteiger partial charge in [-0.25, -0.2) is 4.98 Å². The number of primary amides is 1. The zero-order chi connectivity index (χ0) is 21.8. The van der Waals surface area contributed by atoms with Gasteiger partial charge in [-0.1, -0.05) is 37.6 Å². The molecule has 1 atom stereocenters. The number of anilines is 1. The molecule has 8 nitrogen and oxygen atoms in total. The molecule has 0 bridgehead atoms. The predicted molar refractivity (Wildman–Crippen MR) is 117 cm³/mol. The Labute approximate surface area is 181 Å². The quantitative estimate of drug-likeness (QED) is 0.444. The summed E-state index contributed by atoms with van der Waals surface area (Å²) in [6.45, 7) is 3.66. The second-order valence-corrected chi connectivity index (χ2v) is 8.13. The standard InChI is InChI=1S/C20H20ClN5O3S/c1-10(2)16(25-18(28)12-5-3-4-6-13(12)21)19(29)26-20-24-15(9-30-20)11-7-14(17(22)27)23-8-11/h3-10,16,23H,1-2H3,(H2,22,27)(H,25,28)(H,24,26,29). The molecule has 0 fully saturated rings. The van der Waals surface area contributed by atoms with Gasteiger partial charge in [-0.15, -0.1) is 11.3 Å². The summed E-state index contributed by atoms with van der Waals surface area (Å²) in [5, 5.41) is 7.89. The van der Waals surface area contributed by atoms with Gasteiger partial charge in [0.1, 0.15) is 11.7 Å². The topological polar surface area (TPSA) is 130 Å². The summed E-state index contributed by atoms with van der Waals surface area (Å²) < 4.78 is 0. The summed E-state index contributed by atoms with van der Waals surface area (Å²) in [5.41, 5.74) is 7.07. The van der Waals surface area contributed by atoms with Crippen molar-refractivity contribution in [3.63, 3.8) is 0 Å². The molecular formula is C20H20ClN5O3S. The van der Waals surface area contributed by atoms with Crippen molar-refractivity contribution in [2.75, 3.05) is 5.32 Å². The normalized spacial score (nSPS) is 11.9. The highest BCUT2D eigenvalue weighted by atomic mass is 35.5. The number of nitrogens with zero attached hydrogens (tertiary/aromatic N) is 1. The smallest absolute Gasteiger partial charge is 0.265 e. The van der Waals surface area contributed by atoms with E-state index in [0.29, 0.717) is 27.0 Å². The van der Waals surface area contributed by atoms with Gasteiger partial charge < -0.3 is 21.4 Å². The van der Waals surface area contributed by atoms with Crippen LogP contribution in [0.5, 0.6) is 0 Å². The Morgan fingerprint density at radius 1 is 1.23 bits per heavy atom. The van der Waals surface area contributed by atoms with Gasteiger partial charge in [0, 0.05) is 17.1 Å². The van der Waals surface area contributed by atoms with E-state index in [0.717, 1.165) is 0 Å². The molecule has 0 aliphatic carbocycles. The monoisotopic (exact) mass is 445 g/mol. The van der Waals surface area contributed by atoms with Gasteiger partial charge in [-0.05, 0) is 24.1 Å². The van der Waals surface area contributed by atoms with Crippen molar-refractivity contribution in [2.24, 2.45) is 11.7 Å². The van der Waals surface area contributed by atoms with Gasteiger partial charge in [-0.3, -0.25) is 14.4 Å². The van der Waals surface area contributed by atoms with Gasteiger partial charge in [0.25, 0.3) is 11.8 Å². The SMILES string of the molecule is CC(C)C(NC(=O)c1ccccc1Cl)C(=O)Nc1nc(-c2c[nH]c(C(N)=O)c2)cs1. The van der Waals surface area contributed by atoms with Crippen LogP contribution in [-0.4, -0.2) is 33.7 Å². The van der Waals surface area contributed by atoms with Crippen molar-refractivity contribution >= 4 is 45.8 Å². The van der Waals surface area contributed by atoms with E-state index < -0.39 is 23.8 Å². The number of carbonyl (C=O) groups is 3. The van der Waals surface area contributed by atoms with Crippen molar-refractivity contribution < 1.29 is 14.4 Å². The van der Waals surface area contributed by atoms with Crippen molar-refractivity contribution in [1.29, 1.82) is 0 Å². The van der Waals surface area contributed by atoms with Gasteiger partial charge in [0.05, 0.1) is 16.3 Å². The van der Waals surface area contributed by atoms with Gasteiger partial charge in [-0.2, -0.15) is 0 Å². The number of rotatable bonds is 7. The lowest BCUT2D eigenvalue weighted by atomic mass is 10.0. The van der Waals surface area contributed by atoms with Crippen molar-refractivity contribution in [3.05, 3.63) is 58.2 Å². The summed E-state index contributed by atoms with van der Waals surface area (Å²) in [6.07, 6.45) is 1.61. The summed E-state index contributed by atoms with van der Waals surface area (Å²) in [5.74, 6) is -1.56. The number of hydrogen-bond acceptors (Lipinski definition) is 5. The van der Waals surface area contributed by atoms with Crippen molar-refractivity contribution in [2.45, 2.75) is 19.9 Å². The Morgan fingerprint density at radius 2 is 1.97 bits per heavy atom. The Bertz CT molecular complexity index is 1090. The van der Waals surface area contributed by atoms with Crippen LogP contribution in [0, 0.1) is 5.92 Å². The number of nitrogens with one attached hydrogen (secondary N) is 3. The van der Waals surface area contributed by atoms with E-state index in [9.17, 15) is 14.4 Å². The molecule has 2 aromatic heterocycles. The van der Waals surface area contributed by atoms with Crippen LogP contribution in [0.25, 0.3) is 11.3 Å². The maximum absolute atomic E-state index is 12.8. The second-order valence-electron chi connectivity index (χ2n) is 6.87. The zero-order valence-corrected chi connectivity index (χ0v) is 17.8. The molecule has 3 rings (SSSR count). The summed E-state index contributed by atoms with van der Waals surface area (Å²) in [7, 11) is 0. The Kier molecular flexibility index (Phi) is 6.53. The molecule has 0 saturated heterocycles. The third-order valence-electron chi connectivity index (χ3n) is 4.33. The summed E-state index contributed by atoms with van der Waals surface area (Å²) in [6, 6.07) is 7.44. The number of amides is 3. The number of halogens is 1. The van der Waals surface area contributed by atoms with Crippen LogP contribution in [0.15, 0.2) is 41.9 Å². The summed E-state index contributed by atoms with van der Waals surface area (Å²) >= 11 is 7.30. The van der Waals surface area contributed by atoms with Gasteiger partial charge in [0.2, 0.25) is 5.91 Å². The van der Waals surface area contributed by atoms with Crippen molar-refractivity contribution in [1.82, 2.24) is 15.3 Å². The molecular weight excluding hydrogens is 426 g/mol. The fourth-order valence-electron chi connectivity index (χ4n) is 2.73. The minimum atomic E-state index is -0.783. The van der Waals surface area contributed by atoms with Crippen LogP contribution in [0.1, 0.15) is 34.7 Å². The minimum Gasteiger partial charge on any atom is -0.364 e. The van der Waals surface area contributed by atoms with Crippen LogP contribution in [-0.2, 0) is 4.79 Å². The molecule has 0 aliphatic rings. The first-order valence-electron chi connectivity index (χ1n) is 9.06. The molecule has 3 aromatic rings. The van der Waals surface area contributed by atoms with Crippen LogP contribution in [0.2, 0.25) is 5.02 Å². The van der Waals surface area contributed by atoms with E-state index in [2.05, 4.69) is 20.6 Å². The number of hydrogen-bond donors (Lipinski definition) is 4. The summed E-state index contributed by atoms with van der Waals surface area (Å²) in [4.78, 5) is 43.7. The fraction of sp³-hybridized carbons (Fsp3) is 0.200. The average molecular weight is 446 g/mol. The number of thiazole rings is 1. The molecule has 0 radical (unpaired) electrons. The van der Waals surface area contributed by atoms with Crippen LogP contribution >= 0.6 is 22.9 Å². The van der Waals surface area contributed by atoms with Crippen LogP contribution in [0.4, 0.5) is 5.13 Å². The molecule has 2 heterocycles. The van der Waals surface area contributed by atoms with Crippen molar-refractivity contribution in [3.8, 4) is 11.3 Å². The second kappa shape index (κ2) is 9.10. The van der Waals surface area contributed by atoms with E-state index in [1.165, 1.54) is 11.3 Å². The molecule has 5 N–H and O–H groups in total. The molecule has 0 saturated carbocycles. The number of nitrogens with two attached hydrogens (primary N) is 1. The zero-order valence-electron chi connectivity index (χ0n) is 16.2. The molecule has 0 spiro atoms. The minimum absolute atomic E-state index is 0.168. The van der Waals surface area contributed by atoms with Gasteiger partial charge in [0.15, 0.2) is 5.13 Å². The van der Waals surface area contributed by atoms with E-state index in [1.807, 2.05) is 13.8 Å². The molecule has 10 heteroatoms. The third-order valence-corrected chi connectivity index (χ3v) is 5.42. The first kappa shape index (κ1) is 21.5. The molecule has 1 unspecified atom stereocenters. The number of H-pyrrole nitrogens is 1. The van der Waals surface area contributed by atoms with Crippen LogP contribution in [0.3, 0.4) is 0 Å². The lowest BCUT2D eigenvalue weighted by Gasteiger charge is -2.21. The highest BCUT2D eigenvalue weighted by Gasteiger charge is 2.26. The Balaban J connectivity index is 1.71. The highest BCUT2D eigenvalue weighted by molar-refractivity contribution is 7.14. The van der Waals surface area contributed by atoms with E-state index in [-0.39, 0.29) is 11.6 Å². The third kappa shape index (κ3) is 4.87. The maximum Gasteiger partial charge on any atom is 0.265 e. The number of carbonyl (C=O) groups excluding carboxylic acids is 3. The van der Waals surface area contributed by atoms with Crippen LogP contribution < -0.4 is 16.4 Å². The van der Waals surface area contributed by atoms with Gasteiger partial charge >= 0.3 is 0 Å². The number of aromatic nitrogens is 2. The lowest BCUT2D eigenvalue weighted by molar-refractivity contribution is -0.118. The maximum atomic E-state index is 12.8. The highest BCUT2D eigenvalue weighted by Crippen LogP contribution is 2.26. The molecule has 30 heavy (non-hydrogen) atoms. The average Bonchev–Trinajstić information content (AvgIpc) is 3.35. The predicted octanol–water partition coefficient (Wildman–Crippen LogP) is 3.28. The lowest BCUT2D eigenvalue weighted by Crippen LogP contribution is -2.47. The number of aromatic amines is 1. The Morgan fingerprint density at radius 3 is 2.60 bits per heavy atom. The molecule has 0 aliphatic heterocycles.